The summed E-state index contributed by atoms with van der Waals surface area (Å²) in [6.45, 7) is 2.53. The fraction of sp³-hybridized carbons (Fsp3) is 0.500. The van der Waals surface area contributed by atoms with Crippen molar-refractivity contribution >= 4 is 29.2 Å². The highest BCUT2D eigenvalue weighted by Crippen LogP contribution is 2.13. The molecule has 104 valence electrons. The number of nitrogens with zero attached hydrogens (tertiary/aromatic N) is 3. The molecule has 0 saturated carbocycles. The predicted octanol–water partition coefficient (Wildman–Crippen LogP) is 0.494. The van der Waals surface area contributed by atoms with Crippen LogP contribution < -0.4 is 5.32 Å². The average Bonchev–Trinajstić information content (AvgIpc) is 2.72. The van der Waals surface area contributed by atoms with Crippen LogP contribution in [0.3, 0.4) is 0 Å². The zero-order chi connectivity index (χ0) is 14.6. The Hall–Kier alpha value is -1.96. The second-order valence-electron chi connectivity index (χ2n) is 4.28. The standard InChI is InChI=1S/C10H13ClN4O4/c1-10(2,11)7(16)5-13-8(17)6-14-4-3-12-9(14)15(18)19/h3-4H,5-6H2,1-2H3,(H,13,17). The maximum atomic E-state index is 11.5. The zero-order valence-electron chi connectivity index (χ0n) is 10.4. The van der Waals surface area contributed by atoms with Crippen molar-refractivity contribution in [2.45, 2.75) is 25.3 Å². The first-order chi connectivity index (χ1) is 8.71. The van der Waals surface area contributed by atoms with Crippen LogP contribution in [-0.4, -0.2) is 37.6 Å². The van der Waals surface area contributed by atoms with Gasteiger partial charge in [-0.3, -0.25) is 9.59 Å². The van der Waals surface area contributed by atoms with Crippen LogP contribution in [0.1, 0.15) is 13.8 Å². The van der Waals surface area contributed by atoms with Gasteiger partial charge in [0.1, 0.15) is 12.4 Å². The summed E-state index contributed by atoms with van der Waals surface area (Å²) >= 11 is 5.77. The van der Waals surface area contributed by atoms with Gasteiger partial charge in [-0.1, -0.05) is 4.98 Å². The van der Waals surface area contributed by atoms with E-state index in [0.29, 0.717) is 0 Å². The summed E-state index contributed by atoms with van der Waals surface area (Å²) < 4.78 is 1.08. The molecule has 0 saturated heterocycles. The van der Waals surface area contributed by atoms with Crippen LogP contribution in [0.4, 0.5) is 5.95 Å². The van der Waals surface area contributed by atoms with E-state index >= 15 is 0 Å². The third kappa shape index (κ3) is 4.32. The van der Waals surface area contributed by atoms with Crippen LogP contribution in [0.2, 0.25) is 0 Å². The summed E-state index contributed by atoms with van der Waals surface area (Å²) in [4.78, 5) is 35.3. The lowest BCUT2D eigenvalue weighted by Crippen LogP contribution is -2.38. The zero-order valence-corrected chi connectivity index (χ0v) is 11.2. The predicted molar refractivity (Wildman–Crippen MR) is 66.8 cm³/mol. The number of carbonyl (C=O) groups excluding carboxylic acids is 2. The molecule has 0 aliphatic heterocycles. The summed E-state index contributed by atoms with van der Waals surface area (Å²) in [7, 11) is 0. The van der Waals surface area contributed by atoms with E-state index in [-0.39, 0.29) is 18.9 Å². The Morgan fingerprint density at radius 1 is 1.58 bits per heavy atom. The molecule has 0 aliphatic carbocycles. The van der Waals surface area contributed by atoms with Gasteiger partial charge in [0.2, 0.25) is 0 Å². The first kappa shape index (κ1) is 15.1. The molecular weight excluding hydrogens is 276 g/mol. The molecule has 0 aliphatic rings. The number of imidazole rings is 1. The van der Waals surface area contributed by atoms with Gasteiger partial charge < -0.3 is 15.4 Å². The van der Waals surface area contributed by atoms with Crippen molar-refractivity contribution < 1.29 is 14.5 Å². The Morgan fingerprint density at radius 3 is 2.74 bits per heavy atom. The molecule has 19 heavy (non-hydrogen) atoms. The Kier molecular flexibility index (Phi) is 4.60. The molecule has 1 aromatic heterocycles. The maximum absolute atomic E-state index is 11.5. The molecule has 8 nitrogen and oxygen atoms in total. The highest BCUT2D eigenvalue weighted by molar-refractivity contribution is 6.35. The summed E-state index contributed by atoms with van der Waals surface area (Å²) in [5.74, 6) is -1.31. The van der Waals surface area contributed by atoms with E-state index in [1.165, 1.54) is 26.2 Å². The molecule has 1 aromatic rings. The highest BCUT2D eigenvalue weighted by Gasteiger charge is 2.24. The van der Waals surface area contributed by atoms with Crippen molar-refractivity contribution in [3.63, 3.8) is 0 Å². The first-order valence-electron chi connectivity index (χ1n) is 5.36. The van der Waals surface area contributed by atoms with Gasteiger partial charge in [0, 0.05) is 0 Å². The van der Waals surface area contributed by atoms with E-state index in [4.69, 9.17) is 11.6 Å². The number of Topliss-reactive ketones (excluding diaryl/α,β-unsaturated/α-hetero) is 1. The molecule has 0 spiro atoms. The Morgan fingerprint density at radius 2 is 2.21 bits per heavy atom. The number of alkyl halides is 1. The lowest BCUT2D eigenvalue weighted by Gasteiger charge is -2.14. The third-order valence-electron chi connectivity index (χ3n) is 2.28. The molecule has 0 unspecified atom stereocenters. The maximum Gasteiger partial charge on any atom is 0.435 e. The van der Waals surface area contributed by atoms with Crippen LogP contribution in [0.15, 0.2) is 12.4 Å². The van der Waals surface area contributed by atoms with Crippen molar-refractivity contribution in [1.29, 1.82) is 0 Å². The van der Waals surface area contributed by atoms with Gasteiger partial charge in [0.25, 0.3) is 5.91 Å². The van der Waals surface area contributed by atoms with Crippen molar-refractivity contribution in [1.82, 2.24) is 14.9 Å². The number of amides is 1. The second kappa shape index (κ2) is 5.79. The molecule has 9 heteroatoms. The molecule has 1 amide bonds. The van der Waals surface area contributed by atoms with Gasteiger partial charge in [-0.15, -0.1) is 11.6 Å². The van der Waals surface area contributed by atoms with Crippen molar-refractivity contribution in [2.24, 2.45) is 0 Å². The third-order valence-corrected chi connectivity index (χ3v) is 2.49. The number of ketones is 1. The molecule has 1 N–H and O–H groups in total. The van der Waals surface area contributed by atoms with E-state index in [1.54, 1.807) is 0 Å². The molecular formula is C10H13ClN4O4. The van der Waals surface area contributed by atoms with Crippen molar-refractivity contribution in [2.75, 3.05) is 6.54 Å². The van der Waals surface area contributed by atoms with Crippen molar-refractivity contribution in [3.8, 4) is 0 Å². The number of rotatable bonds is 6. The van der Waals surface area contributed by atoms with Gasteiger partial charge >= 0.3 is 5.95 Å². The highest BCUT2D eigenvalue weighted by atomic mass is 35.5. The van der Waals surface area contributed by atoms with Gasteiger partial charge in [-0.25, -0.2) is 4.57 Å². The number of nitro groups is 1. The van der Waals surface area contributed by atoms with E-state index in [1.807, 2.05) is 0 Å². The SMILES string of the molecule is CC(C)(Cl)C(=O)CNC(=O)Cn1ccnc1[N+](=O)[O-]. The van der Waals surface area contributed by atoms with Crippen LogP contribution in [0.25, 0.3) is 0 Å². The fourth-order valence-corrected chi connectivity index (χ4v) is 1.26. The van der Waals surface area contributed by atoms with E-state index in [2.05, 4.69) is 10.3 Å². The largest absolute Gasteiger partial charge is 0.435 e. The van der Waals surface area contributed by atoms with Crippen molar-refractivity contribution in [3.05, 3.63) is 22.5 Å². The van der Waals surface area contributed by atoms with Gasteiger partial charge in [0.15, 0.2) is 12.3 Å². The molecule has 1 heterocycles. The number of halogens is 1. The first-order valence-corrected chi connectivity index (χ1v) is 5.74. The summed E-state index contributed by atoms with van der Waals surface area (Å²) in [5.41, 5.74) is 0. The smallest absolute Gasteiger partial charge is 0.390 e. The normalized spacial score (nSPS) is 11.1. The number of hydrogen-bond donors (Lipinski definition) is 1. The second-order valence-corrected chi connectivity index (χ2v) is 5.23. The van der Waals surface area contributed by atoms with Crippen LogP contribution in [-0.2, 0) is 16.1 Å². The van der Waals surface area contributed by atoms with Crippen LogP contribution in [0, 0.1) is 10.1 Å². The number of aromatic nitrogens is 2. The Balaban J connectivity index is 2.55. The average molecular weight is 289 g/mol. The Labute approximate surface area is 113 Å². The van der Waals surface area contributed by atoms with E-state index < -0.39 is 21.7 Å². The number of hydrogen-bond acceptors (Lipinski definition) is 5. The topological polar surface area (TPSA) is 107 Å². The van der Waals surface area contributed by atoms with Gasteiger partial charge in [-0.05, 0) is 18.8 Å². The Bertz CT molecular complexity index is 506. The lowest BCUT2D eigenvalue weighted by atomic mass is 10.1. The summed E-state index contributed by atoms with van der Waals surface area (Å²) in [5, 5.41) is 12.9. The molecule has 0 atom stereocenters. The molecule has 0 bridgehead atoms. The summed E-state index contributed by atoms with van der Waals surface area (Å²) in [6.07, 6.45) is 2.53. The molecule has 0 radical (unpaired) electrons. The molecule has 0 fully saturated rings. The molecule has 0 aromatic carbocycles. The van der Waals surface area contributed by atoms with E-state index in [0.717, 1.165) is 4.57 Å². The van der Waals surface area contributed by atoms with E-state index in [9.17, 15) is 19.7 Å². The summed E-state index contributed by atoms with van der Waals surface area (Å²) in [6, 6.07) is 0. The van der Waals surface area contributed by atoms with Gasteiger partial charge in [0.05, 0.1) is 11.4 Å². The fourth-order valence-electron chi connectivity index (χ4n) is 1.20. The number of nitrogens with one attached hydrogen (secondary N) is 1. The van der Waals surface area contributed by atoms with Crippen LogP contribution >= 0.6 is 11.6 Å². The monoisotopic (exact) mass is 288 g/mol. The van der Waals surface area contributed by atoms with Crippen LogP contribution in [0.5, 0.6) is 0 Å². The minimum absolute atomic E-state index is 0.224. The number of carbonyl (C=O) groups is 2. The minimum Gasteiger partial charge on any atom is -0.390 e. The van der Waals surface area contributed by atoms with Gasteiger partial charge in [-0.2, -0.15) is 0 Å². The minimum atomic E-state index is -1.06. The molecule has 1 rings (SSSR count). The lowest BCUT2D eigenvalue weighted by molar-refractivity contribution is -0.396. The quantitative estimate of drug-likeness (QED) is 0.466.